The van der Waals surface area contributed by atoms with E-state index in [4.69, 9.17) is 52.1 Å². The number of benzene rings is 4. The number of unbranched alkanes of at least 4 members (excludes halogenated alkanes) is 2. The highest BCUT2D eigenvalue weighted by Gasteiger charge is 2.49. The first-order valence-electron chi connectivity index (χ1n) is 30.9. The Morgan fingerprint density at radius 1 is 0.558 bits per heavy atom. The Bertz CT molecular complexity index is 3570. The molecule has 95 heavy (non-hydrogen) atoms. The fraction of sp³-hybridized carbons (Fsp3) is 0.485. The topological polar surface area (TPSA) is 379 Å². The van der Waals surface area contributed by atoms with Gasteiger partial charge >= 0.3 is 18.2 Å². The van der Waals surface area contributed by atoms with Crippen LogP contribution in [0.5, 0.6) is 28.7 Å². The number of rotatable bonds is 23. The molecule has 4 aromatic rings. The predicted molar refractivity (Wildman–Crippen MR) is 330 cm³/mol. The number of aliphatic hydroxyl groups excluding tert-OH is 8. The molecule has 0 aliphatic carbocycles. The number of anilines is 2. The van der Waals surface area contributed by atoms with Gasteiger partial charge in [0.05, 0.1) is 80.8 Å². The van der Waals surface area contributed by atoms with E-state index in [9.17, 15) is 69.6 Å². The first-order valence-corrected chi connectivity index (χ1v) is 30.9. The Morgan fingerprint density at radius 3 is 1.55 bits per heavy atom. The van der Waals surface area contributed by atoms with Crippen molar-refractivity contribution in [3.05, 3.63) is 124 Å². The van der Waals surface area contributed by atoms with Crippen LogP contribution in [0.15, 0.2) is 85.0 Å². The van der Waals surface area contributed by atoms with Crippen molar-refractivity contribution < 1.29 is 122 Å². The van der Waals surface area contributed by atoms with Crippen LogP contribution in [0.4, 0.5) is 21.0 Å². The molecule has 4 saturated heterocycles. The van der Waals surface area contributed by atoms with E-state index in [0.717, 1.165) is 16.9 Å². The lowest BCUT2D eigenvalue weighted by atomic mass is 10.0. The van der Waals surface area contributed by atoms with Crippen molar-refractivity contribution in [3.8, 4) is 28.7 Å². The number of aryl methyl sites for hydroxylation is 1. The second-order valence-corrected chi connectivity index (χ2v) is 23.9. The molecule has 0 radical (unpaired) electrons. The molecule has 0 bridgehead atoms. The molecule has 0 spiro atoms. The van der Waals surface area contributed by atoms with E-state index in [1.165, 1.54) is 78.6 Å². The quantitative estimate of drug-likeness (QED) is 0.0174. The summed E-state index contributed by atoms with van der Waals surface area (Å²) in [7, 11) is 4.00. The standard InChI is InChI=1S/C66H78N4O25/c1-33-19-44-60(80)69(65(83)92-29-36-12-14-49(40(22-36)46(71)11-10-16-85-4)94-63-56(76)54(74)47(72)31-90-63)42-25-51(35(3)21-38(42)58(78)67(44)27-33)88-17-8-7-9-18-89-53-26-43-39(24-52(53)86-5)59(79)68-28-34(2)20-45(68)61(81)70(43)66(84)93-30-37-13-15-50(41(23-37)62(82)87-6)95-64-57(77)55(75)48(73)32-91-64/h12-15,21-26,44-45,47-48,54-57,60-61,63-64,72-77,80-81H,1-2,7-11,16-20,27-32H2,3-6H3/t44-,45-,47+,48+,54-,55-,56+,57+,60?,61?,63-,64-/m0/s1. The fourth-order valence-corrected chi connectivity index (χ4v) is 12.1. The first kappa shape index (κ1) is 69.4. The molecule has 0 saturated carbocycles. The van der Waals surface area contributed by atoms with Crippen LogP contribution in [-0.4, -0.2) is 228 Å². The van der Waals surface area contributed by atoms with Crippen LogP contribution in [0.1, 0.15) is 103 Å². The van der Waals surface area contributed by atoms with Gasteiger partial charge in [-0.3, -0.25) is 14.4 Å². The Labute approximate surface area is 545 Å². The lowest BCUT2D eigenvalue weighted by molar-refractivity contribution is -0.242. The molecule has 4 amide bonds. The summed E-state index contributed by atoms with van der Waals surface area (Å²) in [5.41, 5.74) is 2.36. The average Bonchev–Trinajstić information content (AvgIpc) is 1.63. The van der Waals surface area contributed by atoms with Crippen molar-refractivity contribution in [2.75, 3.05) is 77.3 Å². The number of aliphatic hydroxyl groups is 8. The van der Waals surface area contributed by atoms with Crippen LogP contribution >= 0.6 is 0 Å². The summed E-state index contributed by atoms with van der Waals surface area (Å²) in [4.78, 5) is 88.8. The number of fused-ring (bicyclic) bond motifs is 4. The number of methoxy groups -OCH3 is 3. The third-order valence-corrected chi connectivity index (χ3v) is 17.2. The third-order valence-electron chi connectivity index (χ3n) is 17.2. The van der Waals surface area contributed by atoms with Gasteiger partial charge in [-0.2, -0.15) is 0 Å². The summed E-state index contributed by atoms with van der Waals surface area (Å²) >= 11 is 0. The summed E-state index contributed by atoms with van der Waals surface area (Å²) in [6.45, 7) is 8.97. The van der Waals surface area contributed by atoms with Crippen molar-refractivity contribution in [1.82, 2.24) is 9.80 Å². The number of ether oxygens (including phenoxy) is 11. The Kier molecular flexibility index (Phi) is 22.0. The van der Waals surface area contributed by atoms with Crippen LogP contribution in [0.25, 0.3) is 0 Å². The fourth-order valence-electron chi connectivity index (χ4n) is 12.1. The molecule has 0 aromatic heterocycles. The number of hydrogen-bond donors (Lipinski definition) is 8. The zero-order valence-corrected chi connectivity index (χ0v) is 52.7. The maximum absolute atomic E-state index is 14.4. The minimum absolute atomic E-state index is 0.00946. The second-order valence-electron chi connectivity index (χ2n) is 23.9. The lowest BCUT2D eigenvalue weighted by Crippen LogP contribution is -2.54. The van der Waals surface area contributed by atoms with E-state index in [-0.39, 0.29) is 133 Å². The van der Waals surface area contributed by atoms with E-state index in [0.29, 0.717) is 53.7 Å². The van der Waals surface area contributed by atoms with Gasteiger partial charge in [-0.15, -0.1) is 0 Å². The van der Waals surface area contributed by atoms with Crippen LogP contribution in [-0.2, 0) is 41.6 Å². The highest BCUT2D eigenvalue weighted by molar-refractivity contribution is 6.07. The molecule has 512 valence electrons. The molecule has 2 unspecified atom stereocenters. The number of carbonyl (C=O) groups is 6. The van der Waals surface area contributed by atoms with Gasteiger partial charge in [0.25, 0.3) is 11.8 Å². The maximum atomic E-state index is 14.4. The molecule has 29 nitrogen and oxygen atoms in total. The van der Waals surface area contributed by atoms with E-state index in [2.05, 4.69) is 13.2 Å². The van der Waals surface area contributed by atoms with Gasteiger partial charge in [0.2, 0.25) is 12.6 Å². The van der Waals surface area contributed by atoms with Crippen molar-refractivity contribution in [2.24, 2.45) is 0 Å². The molecule has 6 heterocycles. The Balaban J connectivity index is 0.804. The highest BCUT2D eigenvalue weighted by Crippen LogP contribution is 2.44. The second kappa shape index (κ2) is 30.1. The molecule has 4 fully saturated rings. The molecular formula is C66H78N4O25. The SMILES string of the molecule is C=C1C[C@H]2C(O)N(C(=O)OCc3ccc(O[C@@H]4OC[C@@H](O)[C@H](O)[C@H]4O)c(C(=O)CCCOC)c3)c3cc(OCCCCCOc4cc5c(cc4OC)C(=O)N4CC(=C)C[C@H]4C(O)N5C(=O)OCc4ccc(O[C@@H]5OC[C@@H](O)[C@H](O)[C@H]5O)c(C(=O)OC)c4)c(C)cc3C(=O)N2C1. The molecule has 29 heteroatoms. The number of esters is 1. The summed E-state index contributed by atoms with van der Waals surface area (Å²) in [5.74, 6) is -1.79. The lowest BCUT2D eigenvalue weighted by Gasteiger charge is -2.35. The number of Topliss-reactive ketones (excluding diaryl/α,β-unsaturated/α-hetero) is 1. The number of hydrogen-bond acceptors (Lipinski definition) is 25. The first-order chi connectivity index (χ1) is 45.5. The van der Waals surface area contributed by atoms with Crippen molar-refractivity contribution >= 4 is 47.1 Å². The smallest absolute Gasteiger partial charge is 0.416 e. The average molecular weight is 1330 g/mol. The third kappa shape index (κ3) is 14.8. The molecule has 4 aromatic carbocycles. The summed E-state index contributed by atoms with van der Waals surface area (Å²) in [6, 6.07) is 12.5. The number of nitrogens with zero attached hydrogens (tertiary/aromatic N) is 4. The molecule has 6 aliphatic heterocycles. The van der Waals surface area contributed by atoms with Gasteiger partial charge in [0.15, 0.2) is 29.7 Å². The minimum atomic E-state index is -1.68. The van der Waals surface area contributed by atoms with Crippen molar-refractivity contribution in [1.29, 1.82) is 0 Å². The van der Waals surface area contributed by atoms with E-state index in [1.807, 2.05) is 0 Å². The van der Waals surface area contributed by atoms with E-state index >= 15 is 0 Å². The highest BCUT2D eigenvalue weighted by atomic mass is 16.7. The van der Waals surface area contributed by atoms with Gasteiger partial charge in [-0.1, -0.05) is 36.4 Å². The van der Waals surface area contributed by atoms with Crippen LogP contribution < -0.4 is 33.5 Å². The van der Waals surface area contributed by atoms with Gasteiger partial charge in [-0.25, -0.2) is 24.2 Å². The van der Waals surface area contributed by atoms with Gasteiger partial charge in [0.1, 0.15) is 72.6 Å². The number of amides is 4. The van der Waals surface area contributed by atoms with Gasteiger partial charge in [0, 0.05) is 45.4 Å². The number of ketones is 1. The zero-order valence-electron chi connectivity index (χ0n) is 52.7. The largest absolute Gasteiger partial charge is 0.493 e. The van der Waals surface area contributed by atoms with Gasteiger partial charge < -0.3 is 103 Å². The molecule has 8 N–H and O–H groups in total. The van der Waals surface area contributed by atoms with Crippen molar-refractivity contribution in [2.45, 2.75) is 139 Å². The van der Waals surface area contributed by atoms with Gasteiger partial charge in [-0.05, 0) is 98.5 Å². The molecule has 10 rings (SSSR count). The molecule has 12 atom stereocenters. The molecular weight excluding hydrogens is 1250 g/mol. The summed E-state index contributed by atoms with van der Waals surface area (Å²) < 4.78 is 62.3. The van der Waals surface area contributed by atoms with Crippen molar-refractivity contribution in [3.63, 3.8) is 0 Å². The zero-order chi connectivity index (χ0) is 68.1. The van der Waals surface area contributed by atoms with E-state index in [1.54, 1.807) is 13.0 Å². The summed E-state index contributed by atoms with van der Waals surface area (Å²) in [6.07, 6.45) is -15.3. The van der Waals surface area contributed by atoms with Crippen LogP contribution in [0.2, 0.25) is 0 Å². The molecule has 6 aliphatic rings. The van der Waals surface area contributed by atoms with Crippen LogP contribution in [0.3, 0.4) is 0 Å². The Morgan fingerprint density at radius 2 is 1.04 bits per heavy atom. The predicted octanol–water partition coefficient (Wildman–Crippen LogP) is 3.16. The monoisotopic (exact) mass is 1330 g/mol. The number of carbonyl (C=O) groups excluding carboxylic acids is 6. The Hall–Kier alpha value is -8.46. The van der Waals surface area contributed by atoms with E-state index < -0.39 is 117 Å². The minimum Gasteiger partial charge on any atom is -0.493 e. The summed E-state index contributed by atoms with van der Waals surface area (Å²) in [5, 5.41) is 85.4. The maximum Gasteiger partial charge on any atom is 0.416 e. The van der Waals surface area contributed by atoms with Crippen LogP contribution in [0, 0.1) is 6.92 Å². The normalized spacial score (nSPS) is 25.6.